The number of hydrogen-bond donors (Lipinski definition) is 4. The van der Waals surface area contributed by atoms with Gasteiger partial charge in [0.15, 0.2) is 0 Å². The van der Waals surface area contributed by atoms with Crippen LogP contribution >= 0.6 is 0 Å². The van der Waals surface area contributed by atoms with Gasteiger partial charge in [0.2, 0.25) is 17.7 Å². The Kier molecular flexibility index (Phi) is 11.1. The van der Waals surface area contributed by atoms with E-state index in [1.54, 1.807) is 30.5 Å². The van der Waals surface area contributed by atoms with E-state index in [4.69, 9.17) is 4.74 Å². The van der Waals surface area contributed by atoms with Gasteiger partial charge in [-0.1, -0.05) is 32.0 Å². The first kappa shape index (κ1) is 28.6. The number of amides is 4. The topological polar surface area (TPSA) is 139 Å². The van der Waals surface area contributed by atoms with Crippen LogP contribution in [0.3, 0.4) is 0 Å². The summed E-state index contributed by atoms with van der Waals surface area (Å²) in [6.07, 6.45) is 3.23. The van der Waals surface area contributed by atoms with Crippen molar-refractivity contribution in [2.75, 3.05) is 19.7 Å². The summed E-state index contributed by atoms with van der Waals surface area (Å²) in [7, 11) is 0. The summed E-state index contributed by atoms with van der Waals surface area (Å²) in [5, 5.41) is 11.3. The van der Waals surface area contributed by atoms with Gasteiger partial charge >= 0.3 is 0 Å². The summed E-state index contributed by atoms with van der Waals surface area (Å²) in [4.78, 5) is 56.0. The number of nitrogens with one attached hydrogen (secondary N) is 4. The molecule has 1 aliphatic heterocycles. The molecule has 1 aromatic carbocycles. The predicted octanol–water partition coefficient (Wildman–Crippen LogP) is 1.75. The second kappa shape index (κ2) is 14.7. The van der Waals surface area contributed by atoms with Crippen molar-refractivity contribution >= 4 is 23.6 Å². The number of fused-ring (bicyclic) bond motifs is 1. The number of nitrogens with zero attached hydrogens (tertiary/aromatic N) is 1. The molecule has 10 heteroatoms. The molecule has 0 saturated carbocycles. The standard InChI is InChI=1S/C28H37N5O5/c1-19(2)18-23-28(37)30-15-7-17-38-24-10-4-3-9-21(24)26(35)33-22(11-12-25(34)32-23)27(36)31-16-13-20-8-5-6-14-29-20/h3-6,8-10,14,19,22-23H,7,11-13,15-18H2,1-2H3,(H,30,37)(H,31,36)(H,32,34)(H,33,35)/t22-,23-/m0/s1. The van der Waals surface area contributed by atoms with Crippen molar-refractivity contribution in [3.63, 3.8) is 0 Å². The molecule has 1 aliphatic rings. The zero-order valence-electron chi connectivity index (χ0n) is 22.0. The van der Waals surface area contributed by atoms with Crippen molar-refractivity contribution < 1.29 is 23.9 Å². The molecule has 204 valence electrons. The van der Waals surface area contributed by atoms with E-state index >= 15 is 0 Å². The number of ether oxygens (including phenoxy) is 1. The highest BCUT2D eigenvalue weighted by Gasteiger charge is 2.26. The van der Waals surface area contributed by atoms with E-state index in [9.17, 15) is 19.2 Å². The fourth-order valence-electron chi connectivity index (χ4n) is 4.10. The zero-order valence-corrected chi connectivity index (χ0v) is 22.0. The Morgan fingerprint density at radius 3 is 2.66 bits per heavy atom. The lowest BCUT2D eigenvalue weighted by atomic mass is 10.0. The molecule has 0 saturated heterocycles. The third-order valence-corrected chi connectivity index (χ3v) is 6.06. The molecular formula is C28H37N5O5. The molecule has 1 aromatic heterocycles. The highest BCUT2D eigenvalue weighted by atomic mass is 16.5. The van der Waals surface area contributed by atoms with E-state index in [2.05, 4.69) is 26.3 Å². The maximum absolute atomic E-state index is 13.2. The third kappa shape index (κ3) is 9.17. The van der Waals surface area contributed by atoms with Crippen molar-refractivity contribution in [1.29, 1.82) is 0 Å². The Labute approximate surface area is 223 Å². The Morgan fingerprint density at radius 1 is 1.11 bits per heavy atom. The van der Waals surface area contributed by atoms with Crippen LogP contribution in [0.1, 0.15) is 55.6 Å². The normalized spacial score (nSPS) is 19.4. The molecule has 3 rings (SSSR count). The van der Waals surface area contributed by atoms with E-state index < -0.39 is 23.9 Å². The molecule has 2 heterocycles. The lowest BCUT2D eigenvalue weighted by Gasteiger charge is -2.22. The fourth-order valence-corrected chi connectivity index (χ4v) is 4.10. The molecule has 2 atom stereocenters. The first-order valence-electron chi connectivity index (χ1n) is 13.1. The lowest BCUT2D eigenvalue weighted by molar-refractivity contribution is -0.129. The number of aromatic nitrogens is 1. The monoisotopic (exact) mass is 523 g/mol. The van der Waals surface area contributed by atoms with E-state index in [-0.39, 0.29) is 42.7 Å². The quantitative estimate of drug-likeness (QED) is 0.455. The first-order valence-corrected chi connectivity index (χ1v) is 13.1. The molecule has 0 bridgehead atoms. The number of carbonyl (C=O) groups is 4. The average Bonchev–Trinajstić information content (AvgIpc) is 2.90. The Hall–Kier alpha value is -3.95. The van der Waals surface area contributed by atoms with Crippen molar-refractivity contribution in [1.82, 2.24) is 26.3 Å². The minimum absolute atomic E-state index is 0.0430. The second-order valence-corrected chi connectivity index (χ2v) is 9.67. The summed E-state index contributed by atoms with van der Waals surface area (Å²) in [6.45, 7) is 4.93. The molecule has 4 N–H and O–H groups in total. The molecule has 0 unspecified atom stereocenters. The molecule has 0 fully saturated rings. The van der Waals surface area contributed by atoms with Gasteiger partial charge in [-0.2, -0.15) is 0 Å². The molecule has 0 aliphatic carbocycles. The number of pyridine rings is 1. The van der Waals surface area contributed by atoms with Crippen molar-refractivity contribution in [3.8, 4) is 5.75 Å². The van der Waals surface area contributed by atoms with Gasteiger partial charge in [0, 0.05) is 37.8 Å². The van der Waals surface area contributed by atoms with Gasteiger partial charge < -0.3 is 26.0 Å². The number of hydrogen-bond acceptors (Lipinski definition) is 6. The van der Waals surface area contributed by atoms with Gasteiger partial charge in [0.25, 0.3) is 5.91 Å². The Bertz CT molecular complexity index is 1090. The van der Waals surface area contributed by atoms with Crippen molar-refractivity contribution in [2.45, 2.75) is 58.0 Å². The van der Waals surface area contributed by atoms with Crippen LogP contribution < -0.4 is 26.0 Å². The summed E-state index contributed by atoms with van der Waals surface area (Å²) >= 11 is 0. The lowest BCUT2D eigenvalue weighted by Crippen LogP contribution is -2.50. The molecule has 10 nitrogen and oxygen atoms in total. The van der Waals surface area contributed by atoms with Crippen LogP contribution in [0.25, 0.3) is 0 Å². The largest absolute Gasteiger partial charge is 0.493 e. The van der Waals surface area contributed by atoms with Crippen LogP contribution in [0, 0.1) is 5.92 Å². The second-order valence-electron chi connectivity index (χ2n) is 9.67. The molecule has 0 radical (unpaired) electrons. The molecule has 38 heavy (non-hydrogen) atoms. The summed E-state index contributed by atoms with van der Waals surface area (Å²) < 4.78 is 5.82. The minimum Gasteiger partial charge on any atom is -0.493 e. The van der Waals surface area contributed by atoms with E-state index in [1.807, 2.05) is 32.0 Å². The van der Waals surface area contributed by atoms with Crippen LogP contribution in [0.4, 0.5) is 0 Å². The number of para-hydroxylation sites is 1. The number of rotatable bonds is 6. The number of carbonyl (C=O) groups excluding carboxylic acids is 4. The average molecular weight is 524 g/mol. The smallest absolute Gasteiger partial charge is 0.255 e. The molecule has 4 amide bonds. The van der Waals surface area contributed by atoms with Gasteiger partial charge in [-0.3, -0.25) is 24.2 Å². The SMILES string of the molecule is CC(C)C[C@@H]1NC(=O)CC[C@@H](C(=O)NCCc2ccccn2)NC(=O)c2ccccc2OCCCNC1=O. The van der Waals surface area contributed by atoms with Gasteiger partial charge in [-0.05, 0) is 49.4 Å². The first-order chi connectivity index (χ1) is 18.3. The maximum Gasteiger partial charge on any atom is 0.255 e. The van der Waals surface area contributed by atoms with E-state index in [0.29, 0.717) is 38.1 Å². The minimum atomic E-state index is -0.963. The number of benzene rings is 1. The van der Waals surface area contributed by atoms with Crippen LogP contribution in [-0.4, -0.2) is 60.4 Å². The molecule has 2 aromatic rings. The highest BCUT2D eigenvalue weighted by Crippen LogP contribution is 2.19. The van der Waals surface area contributed by atoms with Crippen molar-refractivity contribution in [2.24, 2.45) is 5.92 Å². The molecular weight excluding hydrogens is 486 g/mol. The zero-order chi connectivity index (χ0) is 27.3. The van der Waals surface area contributed by atoms with Gasteiger partial charge in [-0.25, -0.2) is 0 Å². The Balaban J connectivity index is 1.76. The van der Waals surface area contributed by atoms with Crippen LogP contribution in [0.2, 0.25) is 0 Å². The van der Waals surface area contributed by atoms with Crippen molar-refractivity contribution in [3.05, 3.63) is 59.9 Å². The summed E-state index contributed by atoms with van der Waals surface area (Å²) in [5.74, 6) is -0.914. The van der Waals surface area contributed by atoms with Crippen LogP contribution in [0.5, 0.6) is 5.75 Å². The van der Waals surface area contributed by atoms with Gasteiger partial charge in [-0.15, -0.1) is 0 Å². The summed E-state index contributed by atoms with van der Waals surface area (Å²) in [6, 6.07) is 10.7. The van der Waals surface area contributed by atoms with Gasteiger partial charge in [0.05, 0.1) is 12.2 Å². The third-order valence-electron chi connectivity index (χ3n) is 6.06. The maximum atomic E-state index is 13.2. The van der Waals surface area contributed by atoms with Gasteiger partial charge in [0.1, 0.15) is 17.8 Å². The van der Waals surface area contributed by atoms with E-state index in [0.717, 1.165) is 5.69 Å². The highest BCUT2D eigenvalue weighted by molar-refractivity contribution is 5.99. The summed E-state index contributed by atoms with van der Waals surface area (Å²) in [5.41, 5.74) is 1.12. The molecule has 0 spiro atoms. The fraction of sp³-hybridized carbons (Fsp3) is 0.464. The Morgan fingerprint density at radius 2 is 1.89 bits per heavy atom. The van der Waals surface area contributed by atoms with Crippen LogP contribution in [0.15, 0.2) is 48.7 Å². The van der Waals surface area contributed by atoms with Crippen LogP contribution in [-0.2, 0) is 20.8 Å². The van der Waals surface area contributed by atoms with E-state index in [1.165, 1.54) is 0 Å². The predicted molar refractivity (Wildman–Crippen MR) is 142 cm³/mol.